The molecular weight excluding hydrogens is 295 g/mol. The van der Waals surface area contributed by atoms with Gasteiger partial charge < -0.3 is 19.9 Å². The Morgan fingerprint density at radius 3 is 2.70 bits per heavy atom. The Kier molecular flexibility index (Phi) is 4.52. The van der Waals surface area contributed by atoms with Crippen LogP contribution in [-0.2, 0) is 4.74 Å². The second kappa shape index (κ2) is 6.58. The molecule has 2 N–H and O–H groups in total. The molecule has 5 nitrogen and oxygen atoms in total. The molecule has 0 aliphatic carbocycles. The van der Waals surface area contributed by atoms with Crippen LogP contribution < -0.4 is 10.2 Å². The van der Waals surface area contributed by atoms with Gasteiger partial charge in [-0.3, -0.25) is 0 Å². The summed E-state index contributed by atoms with van der Waals surface area (Å²) in [5, 5.41) is 3.32. The number of aromatic nitrogens is 2. The van der Waals surface area contributed by atoms with E-state index in [9.17, 15) is 4.39 Å². The van der Waals surface area contributed by atoms with E-state index in [2.05, 4.69) is 20.2 Å². The third-order valence-corrected chi connectivity index (χ3v) is 4.04. The first-order valence-corrected chi connectivity index (χ1v) is 7.97. The lowest BCUT2D eigenvalue weighted by atomic mass is 10.1. The highest BCUT2D eigenvalue weighted by Gasteiger charge is 2.23. The van der Waals surface area contributed by atoms with Gasteiger partial charge in [-0.15, -0.1) is 0 Å². The third kappa shape index (κ3) is 3.82. The lowest BCUT2D eigenvalue weighted by molar-refractivity contribution is -0.00523. The van der Waals surface area contributed by atoms with Crippen LogP contribution in [0.1, 0.15) is 32.5 Å². The minimum absolute atomic E-state index is 0.0229. The zero-order chi connectivity index (χ0) is 16.4. The van der Waals surface area contributed by atoms with Crippen molar-refractivity contribution in [2.24, 2.45) is 0 Å². The number of aromatic amines is 1. The van der Waals surface area contributed by atoms with Crippen LogP contribution >= 0.6 is 0 Å². The maximum atomic E-state index is 14.1. The van der Waals surface area contributed by atoms with Gasteiger partial charge in [0, 0.05) is 30.7 Å². The van der Waals surface area contributed by atoms with Gasteiger partial charge in [0.15, 0.2) is 0 Å². The smallest absolute Gasteiger partial charge is 0.127 e. The summed E-state index contributed by atoms with van der Waals surface area (Å²) in [6.07, 6.45) is 3.69. The SMILES string of the molecule is CC(Nc1cc(F)cc(N2C[C@@H](C)O[C@@H](C)C2)c1)c1cnc[nH]1. The number of nitrogens with zero attached hydrogens (tertiary/aromatic N) is 2. The average molecular weight is 318 g/mol. The average Bonchev–Trinajstić information content (AvgIpc) is 2.99. The van der Waals surface area contributed by atoms with Crippen molar-refractivity contribution >= 4 is 11.4 Å². The molecule has 6 heteroatoms. The fourth-order valence-electron chi connectivity index (χ4n) is 3.06. The van der Waals surface area contributed by atoms with E-state index in [0.29, 0.717) is 0 Å². The van der Waals surface area contributed by atoms with E-state index in [-0.39, 0.29) is 24.1 Å². The van der Waals surface area contributed by atoms with Crippen molar-refractivity contribution in [3.05, 3.63) is 42.2 Å². The van der Waals surface area contributed by atoms with Gasteiger partial charge in [0.2, 0.25) is 0 Å². The highest BCUT2D eigenvalue weighted by molar-refractivity contribution is 5.59. The Balaban J connectivity index is 1.79. The maximum Gasteiger partial charge on any atom is 0.127 e. The molecule has 3 rings (SSSR count). The molecule has 3 atom stereocenters. The molecule has 1 aliphatic heterocycles. The number of nitrogens with one attached hydrogen (secondary N) is 2. The van der Waals surface area contributed by atoms with Crippen LogP contribution in [0.25, 0.3) is 0 Å². The molecule has 124 valence electrons. The number of H-pyrrole nitrogens is 1. The van der Waals surface area contributed by atoms with Crippen LogP contribution in [0, 0.1) is 5.82 Å². The topological polar surface area (TPSA) is 53.2 Å². The summed E-state index contributed by atoms with van der Waals surface area (Å²) in [6.45, 7) is 7.63. The van der Waals surface area contributed by atoms with Crippen molar-refractivity contribution in [3.63, 3.8) is 0 Å². The minimum Gasteiger partial charge on any atom is -0.377 e. The summed E-state index contributed by atoms with van der Waals surface area (Å²) in [6, 6.07) is 5.11. The molecule has 1 fully saturated rings. The minimum atomic E-state index is -0.242. The number of rotatable bonds is 4. The molecule has 2 heterocycles. The molecule has 1 unspecified atom stereocenters. The van der Waals surface area contributed by atoms with Crippen LogP contribution in [0.4, 0.5) is 15.8 Å². The fraction of sp³-hybridized carbons (Fsp3) is 0.471. The van der Waals surface area contributed by atoms with Crippen molar-refractivity contribution in [3.8, 4) is 0 Å². The molecule has 0 radical (unpaired) electrons. The van der Waals surface area contributed by atoms with E-state index in [1.807, 2.05) is 26.8 Å². The summed E-state index contributed by atoms with van der Waals surface area (Å²) in [5.41, 5.74) is 2.60. The van der Waals surface area contributed by atoms with Gasteiger partial charge in [0.25, 0.3) is 0 Å². The van der Waals surface area contributed by atoms with Crippen LogP contribution in [0.3, 0.4) is 0 Å². The van der Waals surface area contributed by atoms with Gasteiger partial charge >= 0.3 is 0 Å². The predicted molar refractivity (Wildman–Crippen MR) is 89.2 cm³/mol. The number of hydrogen-bond acceptors (Lipinski definition) is 4. The van der Waals surface area contributed by atoms with Gasteiger partial charge in [0.05, 0.1) is 30.3 Å². The van der Waals surface area contributed by atoms with Crippen LogP contribution in [0.2, 0.25) is 0 Å². The van der Waals surface area contributed by atoms with Crippen molar-refractivity contribution in [1.29, 1.82) is 0 Å². The zero-order valence-electron chi connectivity index (χ0n) is 13.7. The first-order chi connectivity index (χ1) is 11.0. The Hall–Kier alpha value is -2.08. The van der Waals surface area contributed by atoms with E-state index in [0.717, 1.165) is 30.2 Å². The largest absolute Gasteiger partial charge is 0.377 e. The molecular formula is C17H23FN4O. The van der Waals surface area contributed by atoms with Gasteiger partial charge in [-0.25, -0.2) is 9.37 Å². The summed E-state index contributed by atoms with van der Waals surface area (Å²) >= 11 is 0. The number of anilines is 2. The monoisotopic (exact) mass is 318 g/mol. The molecule has 0 amide bonds. The van der Waals surface area contributed by atoms with Gasteiger partial charge in [-0.2, -0.15) is 0 Å². The van der Waals surface area contributed by atoms with Crippen LogP contribution in [0.15, 0.2) is 30.7 Å². The van der Waals surface area contributed by atoms with Gasteiger partial charge in [0.1, 0.15) is 5.82 Å². The van der Waals surface area contributed by atoms with Crippen molar-refractivity contribution in [1.82, 2.24) is 9.97 Å². The number of imidazole rings is 1. The van der Waals surface area contributed by atoms with E-state index < -0.39 is 0 Å². The second-order valence-electron chi connectivity index (χ2n) is 6.23. The quantitative estimate of drug-likeness (QED) is 0.908. The Bertz CT molecular complexity index is 636. The molecule has 0 bridgehead atoms. The van der Waals surface area contributed by atoms with E-state index in [1.165, 1.54) is 6.07 Å². The molecule has 1 aromatic heterocycles. The van der Waals surface area contributed by atoms with Crippen LogP contribution in [-0.4, -0.2) is 35.3 Å². The number of ether oxygens (including phenoxy) is 1. The van der Waals surface area contributed by atoms with E-state index in [4.69, 9.17) is 4.74 Å². The van der Waals surface area contributed by atoms with Gasteiger partial charge in [-0.1, -0.05) is 0 Å². The second-order valence-corrected chi connectivity index (χ2v) is 6.23. The van der Waals surface area contributed by atoms with Gasteiger partial charge in [-0.05, 0) is 39.0 Å². The number of hydrogen-bond donors (Lipinski definition) is 2. The Morgan fingerprint density at radius 1 is 1.30 bits per heavy atom. The zero-order valence-corrected chi connectivity index (χ0v) is 13.7. The molecule has 0 saturated carbocycles. The molecule has 23 heavy (non-hydrogen) atoms. The molecule has 1 saturated heterocycles. The molecule has 0 spiro atoms. The highest BCUT2D eigenvalue weighted by Crippen LogP contribution is 2.27. The van der Waals surface area contributed by atoms with Crippen molar-refractivity contribution < 1.29 is 9.13 Å². The number of morpholine rings is 1. The molecule has 1 aliphatic rings. The summed E-state index contributed by atoms with van der Waals surface area (Å²) in [7, 11) is 0. The standard InChI is InChI=1S/C17H23FN4O/c1-11-8-22(9-12(2)23-11)16-5-14(18)4-15(6-16)21-13(3)17-7-19-10-20-17/h4-7,10-13,21H,8-9H2,1-3H3,(H,19,20)/t11-,12+,13?. The van der Waals surface area contributed by atoms with Crippen molar-refractivity contribution in [2.75, 3.05) is 23.3 Å². The Morgan fingerprint density at radius 2 is 2.04 bits per heavy atom. The lowest BCUT2D eigenvalue weighted by Gasteiger charge is -2.37. The summed E-state index contributed by atoms with van der Waals surface area (Å²) in [4.78, 5) is 9.26. The predicted octanol–water partition coefficient (Wildman–Crippen LogP) is 3.34. The number of halogens is 1. The normalized spacial score (nSPS) is 22.9. The van der Waals surface area contributed by atoms with Crippen LogP contribution in [0.5, 0.6) is 0 Å². The Labute approximate surface area is 135 Å². The molecule has 2 aromatic rings. The number of benzene rings is 1. The maximum absolute atomic E-state index is 14.1. The molecule has 1 aromatic carbocycles. The third-order valence-electron chi connectivity index (χ3n) is 4.04. The lowest BCUT2D eigenvalue weighted by Crippen LogP contribution is -2.45. The first-order valence-electron chi connectivity index (χ1n) is 7.97. The highest BCUT2D eigenvalue weighted by atomic mass is 19.1. The summed E-state index contributed by atoms with van der Waals surface area (Å²) < 4.78 is 19.8. The van der Waals surface area contributed by atoms with E-state index >= 15 is 0 Å². The first kappa shape index (κ1) is 15.8. The van der Waals surface area contributed by atoms with Crippen molar-refractivity contribution in [2.45, 2.75) is 39.0 Å². The summed E-state index contributed by atoms with van der Waals surface area (Å²) in [5.74, 6) is -0.242. The van der Waals surface area contributed by atoms with E-state index in [1.54, 1.807) is 18.6 Å². The fourth-order valence-corrected chi connectivity index (χ4v) is 3.06.